The molecule has 0 heterocycles. The molecule has 0 fully saturated rings. The average molecular weight is 299 g/mol. The highest BCUT2D eigenvalue weighted by atomic mass is 35.5. The van der Waals surface area contributed by atoms with Crippen molar-refractivity contribution in [2.45, 2.75) is 33.3 Å². The Labute approximate surface area is 123 Å². The summed E-state index contributed by atoms with van der Waals surface area (Å²) in [5.41, 5.74) is 0.262. The van der Waals surface area contributed by atoms with Crippen molar-refractivity contribution in [2.75, 3.05) is 0 Å². The van der Waals surface area contributed by atoms with Crippen molar-refractivity contribution in [1.82, 2.24) is 0 Å². The van der Waals surface area contributed by atoms with Crippen LogP contribution in [0.3, 0.4) is 0 Å². The first kappa shape index (κ1) is 16.4. The molecule has 1 aromatic rings. The van der Waals surface area contributed by atoms with Gasteiger partial charge in [0.2, 0.25) is 0 Å². The molecule has 2 N–H and O–H groups in total. The fourth-order valence-corrected chi connectivity index (χ4v) is 1.98. The zero-order valence-electron chi connectivity index (χ0n) is 11.8. The van der Waals surface area contributed by atoms with E-state index in [-0.39, 0.29) is 39.7 Å². The molecule has 5 heteroatoms. The predicted octanol–water partition coefficient (Wildman–Crippen LogP) is 3.82. The molecule has 1 atom stereocenters. The summed E-state index contributed by atoms with van der Waals surface area (Å²) in [4.78, 5) is 12.2. The first-order valence-electron chi connectivity index (χ1n) is 6.32. The van der Waals surface area contributed by atoms with E-state index in [1.807, 2.05) is 13.8 Å². The summed E-state index contributed by atoms with van der Waals surface area (Å²) < 4.78 is 5.38. The molecule has 0 aliphatic heterocycles. The lowest BCUT2D eigenvalue weighted by atomic mass is 10.0. The molecule has 0 saturated carbocycles. The van der Waals surface area contributed by atoms with Crippen molar-refractivity contribution in [3.8, 4) is 11.5 Å². The Balaban J connectivity index is 3.09. The summed E-state index contributed by atoms with van der Waals surface area (Å²) >= 11 is 5.87. The van der Waals surface area contributed by atoms with Crippen LogP contribution in [0.15, 0.2) is 18.7 Å². The van der Waals surface area contributed by atoms with Gasteiger partial charge in [-0.1, -0.05) is 31.5 Å². The molecule has 0 spiro atoms. The van der Waals surface area contributed by atoms with Gasteiger partial charge >= 0.3 is 5.97 Å². The molecular formula is C15H19ClO4. The SMILES string of the molecule is C=CC[C@H](OC(=O)c1c(O)cc(O)c(Cl)c1C)C(C)C. The van der Waals surface area contributed by atoms with E-state index >= 15 is 0 Å². The number of phenolic OH excluding ortho intramolecular Hbond substituents is 2. The van der Waals surface area contributed by atoms with Crippen molar-refractivity contribution >= 4 is 17.6 Å². The van der Waals surface area contributed by atoms with Gasteiger partial charge in [-0.15, -0.1) is 6.58 Å². The van der Waals surface area contributed by atoms with Crippen LogP contribution in [0, 0.1) is 12.8 Å². The van der Waals surface area contributed by atoms with Crippen LogP contribution in [0.5, 0.6) is 11.5 Å². The van der Waals surface area contributed by atoms with Crippen LogP contribution >= 0.6 is 11.6 Å². The second-order valence-electron chi connectivity index (χ2n) is 4.94. The number of halogens is 1. The van der Waals surface area contributed by atoms with Crippen LogP contribution in [0.4, 0.5) is 0 Å². The van der Waals surface area contributed by atoms with Crippen molar-refractivity contribution in [1.29, 1.82) is 0 Å². The van der Waals surface area contributed by atoms with Crippen LogP contribution in [0.2, 0.25) is 5.02 Å². The number of carbonyl (C=O) groups excluding carboxylic acids is 1. The Morgan fingerprint density at radius 3 is 2.55 bits per heavy atom. The molecule has 1 aromatic carbocycles. The molecule has 0 aliphatic carbocycles. The zero-order valence-corrected chi connectivity index (χ0v) is 12.6. The molecule has 1 rings (SSSR count). The van der Waals surface area contributed by atoms with E-state index in [1.165, 1.54) is 6.92 Å². The molecular weight excluding hydrogens is 280 g/mol. The number of benzene rings is 1. The van der Waals surface area contributed by atoms with Crippen LogP contribution in [0.1, 0.15) is 36.2 Å². The lowest BCUT2D eigenvalue weighted by Gasteiger charge is -2.21. The van der Waals surface area contributed by atoms with E-state index in [9.17, 15) is 15.0 Å². The molecule has 0 saturated heterocycles. The van der Waals surface area contributed by atoms with Gasteiger partial charge in [0.1, 0.15) is 23.2 Å². The number of hydrogen-bond donors (Lipinski definition) is 2. The quantitative estimate of drug-likeness (QED) is 0.640. The Morgan fingerprint density at radius 2 is 2.05 bits per heavy atom. The number of phenols is 2. The highest BCUT2D eigenvalue weighted by Gasteiger charge is 2.24. The van der Waals surface area contributed by atoms with E-state index in [2.05, 4.69) is 6.58 Å². The number of carbonyl (C=O) groups is 1. The minimum atomic E-state index is -0.664. The summed E-state index contributed by atoms with van der Waals surface area (Å²) in [7, 11) is 0. The van der Waals surface area contributed by atoms with Crippen LogP contribution in [-0.2, 0) is 4.74 Å². The first-order chi connectivity index (χ1) is 9.29. The van der Waals surface area contributed by atoms with Crippen LogP contribution in [-0.4, -0.2) is 22.3 Å². The summed E-state index contributed by atoms with van der Waals surface area (Å²) in [5.74, 6) is -1.17. The summed E-state index contributed by atoms with van der Waals surface area (Å²) in [6, 6.07) is 1.03. The molecule has 0 aromatic heterocycles. The molecule has 110 valence electrons. The van der Waals surface area contributed by atoms with Gasteiger partial charge in [-0.25, -0.2) is 4.79 Å². The fraction of sp³-hybridized carbons (Fsp3) is 0.400. The van der Waals surface area contributed by atoms with Gasteiger partial charge in [-0.3, -0.25) is 0 Å². The number of ether oxygens (including phenoxy) is 1. The number of aromatic hydroxyl groups is 2. The largest absolute Gasteiger partial charge is 0.507 e. The highest BCUT2D eigenvalue weighted by Crippen LogP contribution is 2.36. The molecule has 0 bridgehead atoms. The van der Waals surface area contributed by atoms with Gasteiger partial charge in [-0.05, 0) is 18.4 Å². The third kappa shape index (κ3) is 3.45. The maximum atomic E-state index is 12.2. The standard InChI is InChI=1S/C15H19ClO4/c1-5-6-12(8(2)3)20-15(19)13-9(4)14(16)11(18)7-10(13)17/h5,7-8,12,17-18H,1,6H2,2-4H3/t12-/m0/s1. The molecule has 4 nitrogen and oxygen atoms in total. The van der Waals surface area contributed by atoms with Gasteiger partial charge in [0, 0.05) is 12.5 Å². The fourth-order valence-electron chi connectivity index (χ4n) is 1.83. The molecule has 0 unspecified atom stereocenters. The maximum absolute atomic E-state index is 12.2. The van der Waals surface area contributed by atoms with Gasteiger partial charge in [-0.2, -0.15) is 0 Å². The summed E-state index contributed by atoms with van der Waals surface area (Å²) in [6.07, 6.45) is 1.87. The Morgan fingerprint density at radius 1 is 1.45 bits per heavy atom. The van der Waals surface area contributed by atoms with E-state index in [0.717, 1.165) is 6.07 Å². The average Bonchev–Trinajstić information content (AvgIpc) is 2.35. The lowest BCUT2D eigenvalue weighted by Crippen LogP contribution is -2.23. The lowest BCUT2D eigenvalue weighted by molar-refractivity contribution is 0.0189. The van der Waals surface area contributed by atoms with Crippen molar-refractivity contribution < 1.29 is 19.7 Å². The van der Waals surface area contributed by atoms with Crippen molar-refractivity contribution in [3.05, 3.63) is 34.9 Å². The van der Waals surface area contributed by atoms with E-state index in [4.69, 9.17) is 16.3 Å². The van der Waals surface area contributed by atoms with E-state index in [0.29, 0.717) is 6.42 Å². The third-order valence-electron chi connectivity index (χ3n) is 3.06. The Bertz CT molecular complexity index is 523. The van der Waals surface area contributed by atoms with E-state index in [1.54, 1.807) is 6.08 Å². The second-order valence-corrected chi connectivity index (χ2v) is 5.32. The second kappa shape index (κ2) is 6.66. The first-order valence-corrected chi connectivity index (χ1v) is 6.70. The summed E-state index contributed by atoms with van der Waals surface area (Å²) in [6.45, 7) is 9.02. The smallest absolute Gasteiger partial charge is 0.342 e. The van der Waals surface area contributed by atoms with Gasteiger partial charge in [0.05, 0.1) is 5.02 Å². The Kier molecular flexibility index (Phi) is 5.45. The summed E-state index contributed by atoms with van der Waals surface area (Å²) in [5, 5.41) is 19.3. The molecule has 20 heavy (non-hydrogen) atoms. The normalized spacial score (nSPS) is 12.2. The van der Waals surface area contributed by atoms with Crippen molar-refractivity contribution in [3.63, 3.8) is 0 Å². The predicted molar refractivity (Wildman–Crippen MR) is 78.4 cm³/mol. The van der Waals surface area contributed by atoms with Gasteiger partial charge in [0.15, 0.2) is 0 Å². The minimum absolute atomic E-state index is 0.0255. The molecule has 0 radical (unpaired) electrons. The van der Waals surface area contributed by atoms with Gasteiger partial charge in [0.25, 0.3) is 0 Å². The monoisotopic (exact) mass is 298 g/mol. The zero-order chi connectivity index (χ0) is 15.4. The third-order valence-corrected chi connectivity index (χ3v) is 3.54. The van der Waals surface area contributed by atoms with Crippen LogP contribution in [0.25, 0.3) is 0 Å². The molecule has 0 aliphatic rings. The number of hydrogen-bond acceptors (Lipinski definition) is 4. The number of esters is 1. The molecule has 0 amide bonds. The van der Waals surface area contributed by atoms with Crippen LogP contribution < -0.4 is 0 Å². The minimum Gasteiger partial charge on any atom is -0.507 e. The highest BCUT2D eigenvalue weighted by molar-refractivity contribution is 6.33. The Hall–Kier alpha value is -1.68. The van der Waals surface area contributed by atoms with Gasteiger partial charge < -0.3 is 14.9 Å². The number of rotatable bonds is 5. The maximum Gasteiger partial charge on any atom is 0.342 e. The van der Waals surface area contributed by atoms with E-state index < -0.39 is 5.97 Å². The van der Waals surface area contributed by atoms with Crippen molar-refractivity contribution in [2.24, 2.45) is 5.92 Å². The topological polar surface area (TPSA) is 66.8 Å².